The van der Waals surface area contributed by atoms with Gasteiger partial charge < -0.3 is 14.8 Å². The van der Waals surface area contributed by atoms with Gasteiger partial charge in [-0.15, -0.1) is 0 Å². The molecular formula is C14H26N2O3. The van der Waals surface area contributed by atoms with Crippen LogP contribution in [0, 0.1) is 0 Å². The number of carbonyl (C=O) groups is 1. The van der Waals surface area contributed by atoms with E-state index in [4.69, 9.17) is 9.47 Å². The van der Waals surface area contributed by atoms with Crippen molar-refractivity contribution in [2.75, 3.05) is 33.4 Å². The number of carbonyl (C=O) groups excluding carboxylic acids is 1. The Balaban J connectivity index is 1.82. The molecule has 1 N–H and O–H groups in total. The van der Waals surface area contributed by atoms with Crippen molar-refractivity contribution in [3.05, 3.63) is 0 Å². The van der Waals surface area contributed by atoms with Crippen molar-refractivity contribution in [3.8, 4) is 0 Å². The predicted octanol–water partition coefficient (Wildman–Crippen LogP) is 0.781. The van der Waals surface area contributed by atoms with Crippen LogP contribution in [-0.4, -0.2) is 62.4 Å². The van der Waals surface area contributed by atoms with E-state index in [1.165, 1.54) is 20.0 Å². The first-order valence-electron chi connectivity index (χ1n) is 7.40. The van der Waals surface area contributed by atoms with Gasteiger partial charge in [0.1, 0.15) is 6.04 Å². The van der Waals surface area contributed by atoms with Crippen LogP contribution >= 0.6 is 0 Å². The lowest BCUT2D eigenvalue weighted by molar-refractivity contribution is -0.144. The number of hydrogen-bond acceptors (Lipinski definition) is 5. The van der Waals surface area contributed by atoms with E-state index in [9.17, 15) is 4.79 Å². The third-order valence-corrected chi connectivity index (χ3v) is 3.81. The van der Waals surface area contributed by atoms with Gasteiger partial charge in [-0.2, -0.15) is 0 Å². The molecule has 1 aliphatic carbocycles. The van der Waals surface area contributed by atoms with E-state index in [1.54, 1.807) is 0 Å². The Bertz CT molecular complexity index is 292. The highest BCUT2D eigenvalue weighted by Gasteiger charge is 2.31. The molecule has 0 bridgehead atoms. The molecule has 0 radical (unpaired) electrons. The maximum absolute atomic E-state index is 11.8. The summed E-state index contributed by atoms with van der Waals surface area (Å²) in [6.45, 7) is 5.49. The van der Waals surface area contributed by atoms with E-state index < -0.39 is 0 Å². The quantitative estimate of drug-likeness (QED) is 0.693. The molecule has 2 unspecified atom stereocenters. The summed E-state index contributed by atoms with van der Waals surface area (Å²) in [5.74, 6) is -0.148. The van der Waals surface area contributed by atoms with Gasteiger partial charge in [0.25, 0.3) is 0 Å². The molecule has 2 atom stereocenters. The van der Waals surface area contributed by atoms with Crippen LogP contribution in [-0.2, 0) is 14.3 Å². The zero-order valence-electron chi connectivity index (χ0n) is 12.1. The Hall–Kier alpha value is -0.650. The summed E-state index contributed by atoms with van der Waals surface area (Å²) >= 11 is 0. The first-order chi connectivity index (χ1) is 9.22. The van der Waals surface area contributed by atoms with Crippen LogP contribution in [0.5, 0.6) is 0 Å². The highest BCUT2D eigenvalue weighted by Crippen LogP contribution is 2.20. The standard InChI is InChI=1S/C14H26N2O3/c1-3-19-12-5-4-8-16(9-12)10-13(14(17)18-2)15-11-6-7-11/h11-13,15H,3-10H2,1-2H3. The summed E-state index contributed by atoms with van der Waals surface area (Å²) in [6.07, 6.45) is 4.94. The molecule has 19 heavy (non-hydrogen) atoms. The van der Waals surface area contributed by atoms with Crippen molar-refractivity contribution in [3.63, 3.8) is 0 Å². The Morgan fingerprint density at radius 1 is 1.42 bits per heavy atom. The molecule has 0 aromatic carbocycles. The average Bonchev–Trinajstić information content (AvgIpc) is 3.22. The summed E-state index contributed by atoms with van der Waals surface area (Å²) in [4.78, 5) is 14.1. The van der Waals surface area contributed by atoms with E-state index in [0.29, 0.717) is 12.1 Å². The second kappa shape index (κ2) is 7.22. The van der Waals surface area contributed by atoms with E-state index in [-0.39, 0.29) is 12.0 Å². The lowest BCUT2D eigenvalue weighted by atomic mass is 10.1. The lowest BCUT2D eigenvalue weighted by Gasteiger charge is -2.34. The molecule has 0 spiro atoms. The van der Waals surface area contributed by atoms with Crippen LogP contribution in [0.3, 0.4) is 0 Å². The lowest BCUT2D eigenvalue weighted by Crippen LogP contribution is -2.51. The van der Waals surface area contributed by atoms with Crippen LogP contribution in [0.2, 0.25) is 0 Å². The van der Waals surface area contributed by atoms with Crippen molar-refractivity contribution < 1.29 is 14.3 Å². The number of piperidine rings is 1. The topological polar surface area (TPSA) is 50.8 Å². The first kappa shape index (κ1) is 14.8. The molecule has 2 fully saturated rings. The number of likely N-dealkylation sites (tertiary alicyclic amines) is 1. The summed E-state index contributed by atoms with van der Waals surface area (Å²) in [6, 6.07) is 0.314. The van der Waals surface area contributed by atoms with E-state index in [0.717, 1.165) is 39.1 Å². The Kier molecular flexibility index (Phi) is 5.60. The van der Waals surface area contributed by atoms with Crippen molar-refractivity contribution in [1.82, 2.24) is 10.2 Å². The number of ether oxygens (including phenoxy) is 2. The van der Waals surface area contributed by atoms with Crippen LogP contribution in [0.25, 0.3) is 0 Å². The maximum Gasteiger partial charge on any atom is 0.324 e. The van der Waals surface area contributed by atoms with Gasteiger partial charge >= 0.3 is 5.97 Å². The van der Waals surface area contributed by atoms with Gasteiger partial charge in [0.15, 0.2) is 0 Å². The predicted molar refractivity (Wildman–Crippen MR) is 73.0 cm³/mol. The third-order valence-electron chi connectivity index (χ3n) is 3.81. The third kappa shape index (κ3) is 4.75. The van der Waals surface area contributed by atoms with Gasteiger partial charge in [0.05, 0.1) is 13.2 Å². The summed E-state index contributed by atoms with van der Waals surface area (Å²) in [7, 11) is 1.46. The number of nitrogens with one attached hydrogen (secondary N) is 1. The van der Waals surface area contributed by atoms with Crippen molar-refractivity contribution in [2.45, 2.75) is 50.8 Å². The fourth-order valence-electron chi connectivity index (χ4n) is 2.68. The number of nitrogens with zero attached hydrogens (tertiary/aromatic N) is 1. The van der Waals surface area contributed by atoms with Crippen LogP contribution in [0.4, 0.5) is 0 Å². The fraction of sp³-hybridized carbons (Fsp3) is 0.929. The molecule has 1 aliphatic heterocycles. The fourth-order valence-corrected chi connectivity index (χ4v) is 2.68. The molecule has 2 aliphatic rings. The average molecular weight is 270 g/mol. The monoisotopic (exact) mass is 270 g/mol. The molecule has 0 aromatic heterocycles. The minimum Gasteiger partial charge on any atom is -0.468 e. The van der Waals surface area contributed by atoms with Gasteiger partial charge in [0.2, 0.25) is 0 Å². The molecule has 1 saturated carbocycles. The van der Waals surface area contributed by atoms with Gasteiger partial charge in [-0.1, -0.05) is 0 Å². The summed E-state index contributed by atoms with van der Waals surface area (Å²) in [5.41, 5.74) is 0. The van der Waals surface area contributed by atoms with Crippen molar-refractivity contribution in [1.29, 1.82) is 0 Å². The van der Waals surface area contributed by atoms with Crippen LogP contribution in [0.1, 0.15) is 32.6 Å². The highest BCUT2D eigenvalue weighted by atomic mass is 16.5. The molecule has 5 heteroatoms. The summed E-state index contributed by atoms with van der Waals surface area (Å²) < 4.78 is 10.6. The highest BCUT2D eigenvalue weighted by molar-refractivity contribution is 5.76. The van der Waals surface area contributed by atoms with Crippen molar-refractivity contribution >= 4 is 5.97 Å². The molecule has 0 aromatic rings. The normalized spacial score (nSPS) is 26.1. The SMILES string of the molecule is CCOC1CCCN(CC(NC2CC2)C(=O)OC)C1. The van der Waals surface area contributed by atoms with E-state index in [1.807, 2.05) is 6.92 Å². The summed E-state index contributed by atoms with van der Waals surface area (Å²) in [5, 5.41) is 3.38. The van der Waals surface area contributed by atoms with Gasteiger partial charge in [-0.3, -0.25) is 9.69 Å². The van der Waals surface area contributed by atoms with Gasteiger partial charge in [-0.05, 0) is 39.2 Å². The molecule has 1 saturated heterocycles. The molecule has 5 nitrogen and oxygen atoms in total. The Labute approximate surface area is 115 Å². The van der Waals surface area contributed by atoms with Crippen molar-refractivity contribution in [2.24, 2.45) is 0 Å². The van der Waals surface area contributed by atoms with Crippen LogP contribution < -0.4 is 5.32 Å². The number of rotatable bonds is 7. The zero-order chi connectivity index (χ0) is 13.7. The van der Waals surface area contributed by atoms with Crippen LogP contribution in [0.15, 0.2) is 0 Å². The van der Waals surface area contributed by atoms with Gasteiger partial charge in [-0.25, -0.2) is 0 Å². The second-order valence-electron chi connectivity index (χ2n) is 5.50. The number of methoxy groups -OCH3 is 1. The molecule has 0 amide bonds. The van der Waals surface area contributed by atoms with E-state index >= 15 is 0 Å². The minimum atomic E-state index is -0.196. The first-order valence-corrected chi connectivity index (χ1v) is 7.40. The molecule has 110 valence electrons. The number of hydrogen-bond donors (Lipinski definition) is 1. The minimum absolute atomic E-state index is 0.148. The zero-order valence-corrected chi connectivity index (χ0v) is 12.1. The molecular weight excluding hydrogens is 244 g/mol. The molecule has 2 rings (SSSR count). The Morgan fingerprint density at radius 2 is 2.21 bits per heavy atom. The smallest absolute Gasteiger partial charge is 0.324 e. The van der Waals surface area contributed by atoms with Gasteiger partial charge in [0, 0.05) is 25.7 Å². The van der Waals surface area contributed by atoms with E-state index in [2.05, 4.69) is 10.2 Å². The number of esters is 1. The Morgan fingerprint density at radius 3 is 2.84 bits per heavy atom. The molecule has 1 heterocycles. The second-order valence-corrected chi connectivity index (χ2v) is 5.50. The largest absolute Gasteiger partial charge is 0.468 e. The maximum atomic E-state index is 11.8.